The molecule has 0 unspecified atom stereocenters. The van der Waals surface area contributed by atoms with E-state index >= 15 is 0 Å². The summed E-state index contributed by atoms with van der Waals surface area (Å²) >= 11 is 0. The van der Waals surface area contributed by atoms with Crippen molar-refractivity contribution in [2.75, 3.05) is 6.54 Å². The van der Waals surface area contributed by atoms with E-state index in [1.165, 1.54) is 0 Å². The Balaban J connectivity index is 2.23. The van der Waals surface area contributed by atoms with Crippen LogP contribution in [0.5, 0.6) is 0 Å². The smallest absolute Gasteiger partial charge is 0.314 e. The van der Waals surface area contributed by atoms with Crippen molar-refractivity contribution >= 4 is 5.78 Å². The average Bonchev–Trinajstić information content (AvgIpc) is 2.15. The molecule has 1 N–H and O–H groups in total. The Labute approximate surface area is 87.2 Å². The van der Waals surface area contributed by atoms with Crippen LogP contribution in [0.3, 0.4) is 0 Å². The van der Waals surface area contributed by atoms with Gasteiger partial charge in [-0.25, -0.2) is 0 Å². The number of rotatable bonds is 3. The number of nitrogens with one attached hydrogen (secondary N) is 1. The molecule has 15 heavy (non-hydrogen) atoms. The normalized spacial score (nSPS) is 27.7. The van der Waals surface area contributed by atoms with E-state index in [2.05, 4.69) is 12.2 Å². The van der Waals surface area contributed by atoms with Crippen molar-refractivity contribution in [3.05, 3.63) is 0 Å². The molecule has 1 aliphatic rings. The second-order valence-electron chi connectivity index (χ2n) is 4.25. The molecule has 0 bridgehead atoms. The molecule has 0 aromatic rings. The standard InChI is InChI=1S/C10H16F3NO/c1-7-2-3-8(14-6-7)4-5-9(15)10(11,12)13/h7-8,14H,2-6H2,1H3/t7-,8-/m0/s1. The number of piperidine rings is 1. The summed E-state index contributed by atoms with van der Waals surface area (Å²) in [7, 11) is 0. The number of hydrogen-bond donors (Lipinski definition) is 1. The molecule has 2 atom stereocenters. The first-order valence-electron chi connectivity index (χ1n) is 5.23. The molecule has 0 amide bonds. The maximum Gasteiger partial charge on any atom is 0.449 e. The van der Waals surface area contributed by atoms with Crippen molar-refractivity contribution in [1.29, 1.82) is 0 Å². The van der Waals surface area contributed by atoms with E-state index in [1.807, 2.05) is 0 Å². The lowest BCUT2D eigenvalue weighted by Gasteiger charge is -2.27. The van der Waals surface area contributed by atoms with E-state index in [4.69, 9.17) is 0 Å². The van der Waals surface area contributed by atoms with E-state index in [9.17, 15) is 18.0 Å². The lowest BCUT2D eigenvalue weighted by atomic mass is 9.93. The van der Waals surface area contributed by atoms with Crippen LogP contribution in [0, 0.1) is 5.92 Å². The summed E-state index contributed by atoms with van der Waals surface area (Å²) in [5, 5.41) is 3.16. The molecule has 88 valence electrons. The van der Waals surface area contributed by atoms with Crippen molar-refractivity contribution in [3.63, 3.8) is 0 Å². The highest BCUT2D eigenvalue weighted by Crippen LogP contribution is 2.21. The highest BCUT2D eigenvalue weighted by molar-refractivity contribution is 5.83. The average molecular weight is 223 g/mol. The number of carbonyl (C=O) groups excluding carboxylic acids is 1. The zero-order chi connectivity index (χ0) is 11.5. The largest absolute Gasteiger partial charge is 0.449 e. The van der Waals surface area contributed by atoms with Crippen molar-refractivity contribution < 1.29 is 18.0 Å². The highest BCUT2D eigenvalue weighted by Gasteiger charge is 2.37. The predicted octanol–water partition coefficient (Wildman–Crippen LogP) is 2.29. The van der Waals surface area contributed by atoms with Gasteiger partial charge in [-0.2, -0.15) is 13.2 Å². The van der Waals surface area contributed by atoms with Crippen molar-refractivity contribution in [2.45, 2.75) is 44.8 Å². The Kier molecular flexibility index (Phi) is 4.13. The molecule has 0 aromatic carbocycles. The SMILES string of the molecule is C[C@H]1CC[C@@H](CCC(=O)C(F)(F)F)NC1. The number of hydrogen-bond acceptors (Lipinski definition) is 2. The quantitative estimate of drug-likeness (QED) is 0.795. The first-order chi connectivity index (χ1) is 6.89. The van der Waals surface area contributed by atoms with Crippen LogP contribution < -0.4 is 5.32 Å². The van der Waals surface area contributed by atoms with Gasteiger partial charge in [0, 0.05) is 12.5 Å². The number of carbonyl (C=O) groups is 1. The maximum absolute atomic E-state index is 11.9. The first-order valence-corrected chi connectivity index (χ1v) is 5.23. The molecule has 0 aliphatic carbocycles. The Hall–Kier alpha value is -0.580. The van der Waals surface area contributed by atoms with Crippen LogP contribution in [-0.4, -0.2) is 24.5 Å². The summed E-state index contributed by atoms with van der Waals surface area (Å²) in [6, 6.07) is 0.0764. The topological polar surface area (TPSA) is 29.1 Å². The summed E-state index contributed by atoms with van der Waals surface area (Å²) in [5.74, 6) is -1.03. The van der Waals surface area contributed by atoms with Crippen LogP contribution in [0.4, 0.5) is 13.2 Å². The van der Waals surface area contributed by atoms with Gasteiger partial charge in [0.05, 0.1) is 0 Å². The maximum atomic E-state index is 11.9. The van der Waals surface area contributed by atoms with Gasteiger partial charge in [-0.05, 0) is 31.7 Å². The monoisotopic (exact) mass is 223 g/mol. The van der Waals surface area contributed by atoms with Gasteiger partial charge in [0.15, 0.2) is 0 Å². The van der Waals surface area contributed by atoms with Crippen molar-refractivity contribution in [3.8, 4) is 0 Å². The number of alkyl halides is 3. The van der Waals surface area contributed by atoms with E-state index in [0.717, 1.165) is 19.4 Å². The minimum atomic E-state index is -4.66. The summed E-state index contributed by atoms with van der Waals surface area (Å²) in [4.78, 5) is 10.6. The molecule has 0 aromatic heterocycles. The van der Waals surface area contributed by atoms with Crippen molar-refractivity contribution in [1.82, 2.24) is 5.32 Å². The molecule has 5 heteroatoms. The first kappa shape index (κ1) is 12.5. The van der Waals surface area contributed by atoms with Crippen LogP contribution in [0.2, 0.25) is 0 Å². The van der Waals surface area contributed by atoms with Crippen LogP contribution in [0.25, 0.3) is 0 Å². The van der Waals surface area contributed by atoms with Crippen LogP contribution in [0.1, 0.15) is 32.6 Å². The lowest BCUT2D eigenvalue weighted by molar-refractivity contribution is -0.171. The molecule has 1 saturated heterocycles. The number of halogens is 3. The Bertz CT molecular complexity index is 219. The van der Waals surface area contributed by atoms with Gasteiger partial charge in [0.1, 0.15) is 0 Å². The molecule has 1 heterocycles. The Morgan fingerprint density at radius 2 is 2.07 bits per heavy atom. The molecular weight excluding hydrogens is 207 g/mol. The van der Waals surface area contributed by atoms with Crippen LogP contribution in [-0.2, 0) is 4.79 Å². The third kappa shape index (κ3) is 4.20. The van der Waals surface area contributed by atoms with E-state index in [-0.39, 0.29) is 6.04 Å². The second kappa shape index (κ2) is 4.96. The highest BCUT2D eigenvalue weighted by atomic mass is 19.4. The Morgan fingerprint density at radius 1 is 1.40 bits per heavy atom. The molecule has 1 fully saturated rings. The summed E-state index contributed by atoms with van der Waals surface area (Å²) < 4.78 is 35.7. The molecule has 1 rings (SSSR count). The fourth-order valence-corrected chi connectivity index (χ4v) is 1.75. The minimum Gasteiger partial charge on any atom is -0.314 e. The minimum absolute atomic E-state index is 0.0764. The Morgan fingerprint density at radius 3 is 2.53 bits per heavy atom. The van der Waals surface area contributed by atoms with Gasteiger partial charge >= 0.3 is 6.18 Å². The molecule has 2 nitrogen and oxygen atoms in total. The van der Waals surface area contributed by atoms with Gasteiger partial charge in [0.2, 0.25) is 5.78 Å². The summed E-state index contributed by atoms with van der Waals surface area (Å²) in [6.45, 7) is 2.94. The number of ketones is 1. The summed E-state index contributed by atoms with van der Waals surface area (Å²) in [6.07, 6.45) is -2.87. The van der Waals surface area contributed by atoms with E-state index in [1.54, 1.807) is 0 Å². The third-order valence-electron chi connectivity index (χ3n) is 2.80. The predicted molar refractivity (Wildman–Crippen MR) is 50.5 cm³/mol. The summed E-state index contributed by atoms with van der Waals surface area (Å²) in [5.41, 5.74) is 0. The fourth-order valence-electron chi connectivity index (χ4n) is 1.75. The third-order valence-corrected chi connectivity index (χ3v) is 2.80. The fraction of sp³-hybridized carbons (Fsp3) is 0.900. The molecular formula is C10H16F3NO. The number of Topliss-reactive ketones (excluding diaryl/α,β-unsaturated/α-hetero) is 1. The second-order valence-corrected chi connectivity index (χ2v) is 4.25. The van der Waals surface area contributed by atoms with Gasteiger partial charge in [-0.15, -0.1) is 0 Å². The lowest BCUT2D eigenvalue weighted by Crippen LogP contribution is -2.38. The zero-order valence-electron chi connectivity index (χ0n) is 8.73. The molecule has 0 spiro atoms. The van der Waals surface area contributed by atoms with Gasteiger partial charge < -0.3 is 5.32 Å². The molecule has 0 saturated carbocycles. The van der Waals surface area contributed by atoms with E-state index in [0.29, 0.717) is 12.3 Å². The van der Waals surface area contributed by atoms with Crippen LogP contribution >= 0.6 is 0 Å². The zero-order valence-corrected chi connectivity index (χ0v) is 8.73. The van der Waals surface area contributed by atoms with Crippen molar-refractivity contribution in [2.24, 2.45) is 5.92 Å². The van der Waals surface area contributed by atoms with E-state index < -0.39 is 18.4 Å². The van der Waals surface area contributed by atoms with Gasteiger partial charge in [-0.3, -0.25) is 4.79 Å². The van der Waals surface area contributed by atoms with Crippen LogP contribution in [0.15, 0.2) is 0 Å². The molecule has 1 aliphatic heterocycles. The molecule has 0 radical (unpaired) electrons. The van der Waals surface area contributed by atoms with Gasteiger partial charge in [0.25, 0.3) is 0 Å². The van der Waals surface area contributed by atoms with Gasteiger partial charge in [-0.1, -0.05) is 6.92 Å².